The van der Waals surface area contributed by atoms with Gasteiger partial charge < -0.3 is 4.57 Å². The van der Waals surface area contributed by atoms with Crippen LogP contribution < -0.4 is 0 Å². The van der Waals surface area contributed by atoms with Gasteiger partial charge in [-0.15, -0.1) is 0 Å². The molecule has 0 saturated heterocycles. The first-order valence-electron chi connectivity index (χ1n) is 20.0. The van der Waals surface area contributed by atoms with Gasteiger partial charge in [0, 0.05) is 27.6 Å². The fourth-order valence-electron chi connectivity index (χ4n) is 9.51. The van der Waals surface area contributed by atoms with Crippen LogP contribution in [0.3, 0.4) is 0 Å². The van der Waals surface area contributed by atoms with Crippen molar-refractivity contribution in [3.8, 4) is 56.5 Å². The maximum atomic E-state index is 9.80. The summed E-state index contributed by atoms with van der Waals surface area (Å²) in [4.78, 5) is 5.17. The van der Waals surface area contributed by atoms with E-state index < -0.39 is 0 Å². The Morgan fingerprint density at radius 2 is 0.915 bits per heavy atom. The average Bonchev–Trinajstić information content (AvgIpc) is 3.63. The molecule has 0 bridgehead atoms. The molecular weight excluding hydrogens is 715 g/mol. The summed E-state index contributed by atoms with van der Waals surface area (Å²) in [5.41, 5.74) is 12.8. The van der Waals surface area contributed by atoms with E-state index in [0.717, 1.165) is 55.6 Å². The molecule has 2 aromatic heterocycles. The summed E-state index contributed by atoms with van der Waals surface area (Å²) in [7, 11) is 0. The molecule has 0 aliphatic rings. The summed E-state index contributed by atoms with van der Waals surface area (Å²) in [6.45, 7) is 0. The first kappa shape index (κ1) is 33.1. The van der Waals surface area contributed by atoms with Crippen LogP contribution in [-0.2, 0) is 0 Å². The average molecular weight is 748 g/mol. The third-order valence-electron chi connectivity index (χ3n) is 12.2. The molecule has 272 valence electrons. The van der Waals surface area contributed by atoms with Gasteiger partial charge in [0.05, 0.1) is 34.1 Å². The quantitative estimate of drug-likeness (QED) is 0.165. The highest BCUT2D eigenvalue weighted by atomic mass is 15.0. The third-order valence-corrected chi connectivity index (χ3v) is 12.2. The van der Waals surface area contributed by atoms with Crippen LogP contribution >= 0.6 is 0 Å². The molecule has 0 aliphatic heterocycles. The number of hydrogen-bond donors (Lipinski definition) is 0. The van der Waals surface area contributed by atoms with Gasteiger partial charge in [-0.3, -0.25) is 0 Å². The Hall–Kier alpha value is -8.06. The molecule has 0 unspecified atom stereocenters. The number of aromatic nitrogens is 2. The minimum Gasteiger partial charge on any atom is -0.309 e. The zero-order valence-electron chi connectivity index (χ0n) is 31.9. The molecule has 12 aromatic rings. The summed E-state index contributed by atoms with van der Waals surface area (Å²) in [5, 5.41) is 22.0. The maximum absolute atomic E-state index is 9.80. The van der Waals surface area contributed by atoms with Crippen molar-refractivity contribution >= 4 is 64.9 Å². The molecule has 0 spiro atoms. The number of fused-ring (bicyclic) bond motifs is 4. The van der Waals surface area contributed by atoms with E-state index in [0.29, 0.717) is 5.56 Å². The fraction of sp³-hybridized carbons (Fsp3) is 0. The molecule has 3 heteroatoms. The molecular formula is C56H33N3. The van der Waals surface area contributed by atoms with E-state index in [1.807, 2.05) is 24.3 Å². The molecule has 59 heavy (non-hydrogen) atoms. The summed E-state index contributed by atoms with van der Waals surface area (Å²) in [5.74, 6) is 0. The van der Waals surface area contributed by atoms with Crippen LogP contribution in [0, 0.1) is 11.3 Å². The summed E-state index contributed by atoms with van der Waals surface area (Å²) >= 11 is 0. The van der Waals surface area contributed by atoms with Crippen LogP contribution in [-0.4, -0.2) is 9.55 Å². The van der Waals surface area contributed by atoms with E-state index in [2.05, 4.69) is 187 Å². The van der Waals surface area contributed by atoms with Gasteiger partial charge in [-0.25, -0.2) is 4.98 Å². The number of nitrogens with zero attached hydrogens (tertiary/aromatic N) is 3. The molecule has 0 atom stereocenters. The molecule has 2 heterocycles. The zero-order valence-corrected chi connectivity index (χ0v) is 31.9. The summed E-state index contributed by atoms with van der Waals surface area (Å²) in [6, 6.07) is 73.9. The van der Waals surface area contributed by atoms with E-state index in [-0.39, 0.29) is 0 Å². The standard InChI is InChI=1S/C56H33N3/c57-34-35-18-24-47-48-27-23-39(33-54(48)59(53(47)32-35)40-12-5-2-6-13-40)41-30-31-44(43-15-8-7-14-42(41)43)45-25-19-37-22-29-50-46(26-20-38-21-28-49(45)55(37)56(38)50)52-17-9-16-51(58-52)36-10-3-1-4-11-36/h1-33H. The van der Waals surface area contributed by atoms with Crippen molar-refractivity contribution in [3.05, 3.63) is 206 Å². The van der Waals surface area contributed by atoms with Gasteiger partial charge in [0.2, 0.25) is 0 Å². The summed E-state index contributed by atoms with van der Waals surface area (Å²) in [6.07, 6.45) is 0. The van der Waals surface area contributed by atoms with Crippen molar-refractivity contribution in [2.45, 2.75) is 0 Å². The Morgan fingerprint density at radius 3 is 1.66 bits per heavy atom. The molecule has 10 aromatic carbocycles. The van der Waals surface area contributed by atoms with Gasteiger partial charge in [-0.2, -0.15) is 5.26 Å². The second kappa shape index (κ2) is 13.0. The predicted molar refractivity (Wildman–Crippen MR) is 246 cm³/mol. The number of para-hydroxylation sites is 1. The van der Waals surface area contributed by atoms with Gasteiger partial charge in [-0.1, -0.05) is 158 Å². The third kappa shape index (κ3) is 5.11. The smallest absolute Gasteiger partial charge is 0.0992 e. The predicted octanol–water partition coefficient (Wildman–Crippen LogP) is 14.8. The Bertz CT molecular complexity index is 3670. The lowest BCUT2D eigenvalue weighted by Gasteiger charge is -2.18. The normalized spacial score (nSPS) is 11.7. The van der Waals surface area contributed by atoms with Crippen LogP contribution in [0.2, 0.25) is 0 Å². The van der Waals surface area contributed by atoms with E-state index in [9.17, 15) is 5.26 Å². The van der Waals surface area contributed by atoms with Crippen molar-refractivity contribution in [3.63, 3.8) is 0 Å². The van der Waals surface area contributed by atoms with E-state index in [1.165, 1.54) is 59.8 Å². The Balaban J connectivity index is 1.03. The Kier molecular flexibility index (Phi) is 7.29. The first-order chi connectivity index (χ1) is 29.2. The van der Waals surface area contributed by atoms with Crippen molar-refractivity contribution in [2.24, 2.45) is 0 Å². The van der Waals surface area contributed by atoms with Gasteiger partial charge in [-0.05, 0) is 108 Å². The van der Waals surface area contributed by atoms with Gasteiger partial charge in [0.1, 0.15) is 0 Å². The number of benzene rings is 10. The van der Waals surface area contributed by atoms with E-state index >= 15 is 0 Å². The zero-order chi connectivity index (χ0) is 39.0. The molecule has 0 radical (unpaired) electrons. The van der Waals surface area contributed by atoms with Gasteiger partial charge in [0.15, 0.2) is 0 Å². The molecule has 0 N–H and O–H groups in total. The lowest BCUT2D eigenvalue weighted by molar-refractivity contribution is 1.18. The Morgan fingerprint density at radius 1 is 0.373 bits per heavy atom. The second-order valence-electron chi connectivity index (χ2n) is 15.4. The minimum atomic E-state index is 0.650. The minimum absolute atomic E-state index is 0.650. The van der Waals surface area contributed by atoms with Crippen LogP contribution in [0.1, 0.15) is 5.56 Å². The molecule has 0 amide bonds. The van der Waals surface area contributed by atoms with E-state index in [4.69, 9.17) is 4.98 Å². The molecule has 0 fully saturated rings. The fourth-order valence-corrected chi connectivity index (χ4v) is 9.51. The lowest BCUT2D eigenvalue weighted by atomic mass is 9.86. The van der Waals surface area contributed by atoms with Crippen molar-refractivity contribution < 1.29 is 0 Å². The van der Waals surface area contributed by atoms with Crippen molar-refractivity contribution in [1.29, 1.82) is 5.26 Å². The highest BCUT2D eigenvalue weighted by Gasteiger charge is 2.19. The second-order valence-corrected chi connectivity index (χ2v) is 15.4. The molecule has 0 aliphatic carbocycles. The number of pyridine rings is 1. The first-order valence-corrected chi connectivity index (χ1v) is 20.0. The monoisotopic (exact) mass is 747 g/mol. The van der Waals surface area contributed by atoms with Crippen molar-refractivity contribution in [1.82, 2.24) is 9.55 Å². The number of hydrogen-bond acceptors (Lipinski definition) is 2. The number of nitriles is 1. The largest absolute Gasteiger partial charge is 0.309 e. The lowest BCUT2D eigenvalue weighted by Crippen LogP contribution is -1.94. The highest BCUT2D eigenvalue weighted by molar-refractivity contribution is 6.28. The Labute approximate surface area is 340 Å². The highest BCUT2D eigenvalue weighted by Crippen LogP contribution is 2.45. The van der Waals surface area contributed by atoms with E-state index in [1.54, 1.807) is 0 Å². The maximum Gasteiger partial charge on any atom is 0.0992 e. The van der Waals surface area contributed by atoms with Crippen LogP contribution in [0.25, 0.3) is 115 Å². The van der Waals surface area contributed by atoms with Gasteiger partial charge in [0.25, 0.3) is 0 Å². The van der Waals surface area contributed by atoms with Gasteiger partial charge >= 0.3 is 0 Å². The SMILES string of the molecule is N#Cc1ccc2c3ccc(-c4ccc(-c5ccc6ccc7c(-c8cccc(-c9ccccc9)n8)ccc8ccc5c6c87)c5ccccc45)cc3n(-c3ccccc3)c2c1. The van der Waals surface area contributed by atoms with Crippen LogP contribution in [0.5, 0.6) is 0 Å². The topological polar surface area (TPSA) is 41.6 Å². The molecule has 0 saturated carbocycles. The molecule has 3 nitrogen and oxygen atoms in total. The van der Waals surface area contributed by atoms with Crippen LogP contribution in [0.4, 0.5) is 0 Å². The number of rotatable bonds is 5. The van der Waals surface area contributed by atoms with Crippen LogP contribution in [0.15, 0.2) is 200 Å². The summed E-state index contributed by atoms with van der Waals surface area (Å²) < 4.78 is 2.29. The molecule has 12 rings (SSSR count). The van der Waals surface area contributed by atoms with Crippen molar-refractivity contribution in [2.75, 3.05) is 0 Å².